The standard InChI is InChI=1S/C14H23BF3N2O3/c16-14(17,18)7-20-9-4-8-6-13(19,12(21)22)11(10(8)5-9)2-1-3-15-23/h8-11,20,23H,1-7,19H2,(H,21,22)/t8-,9-,10-,11+,13+/m1/s1. The van der Waals surface area contributed by atoms with Gasteiger partial charge < -0.3 is 21.2 Å². The normalized spacial score (nSPS) is 36.9. The van der Waals surface area contributed by atoms with Crippen molar-refractivity contribution in [2.45, 2.75) is 56.2 Å². The number of rotatable bonds is 7. The van der Waals surface area contributed by atoms with Gasteiger partial charge in [0, 0.05) is 6.04 Å². The van der Waals surface area contributed by atoms with E-state index in [1.165, 1.54) is 0 Å². The number of carbonyl (C=O) groups is 1. The van der Waals surface area contributed by atoms with E-state index in [0.717, 1.165) is 7.48 Å². The monoisotopic (exact) mass is 335 g/mol. The van der Waals surface area contributed by atoms with E-state index >= 15 is 0 Å². The molecule has 0 aromatic heterocycles. The molecule has 0 bridgehead atoms. The summed E-state index contributed by atoms with van der Waals surface area (Å²) in [4.78, 5) is 11.6. The van der Waals surface area contributed by atoms with E-state index in [2.05, 4.69) is 5.32 Å². The Labute approximate surface area is 134 Å². The molecule has 2 aliphatic rings. The molecule has 0 heterocycles. The second kappa shape index (κ2) is 6.98. The zero-order valence-corrected chi connectivity index (χ0v) is 12.9. The van der Waals surface area contributed by atoms with Gasteiger partial charge in [-0.3, -0.25) is 4.79 Å². The molecule has 0 spiro atoms. The SMILES string of the molecule is N[C@@]1(C(=O)O)C[C@H]2C[C@@H](NCC(F)(F)F)C[C@H]2[C@@H]1CCC[B]O. The summed E-state index contributed by atoms with van der Waals surface area (Å²) in [6, 6.07) is -0.239. The molecule has 0 amide bonds. The van der Waals surface area contributed by atoms with E-state index in [0.29, 0.717) is 38.4 Å². The summed E-state index contributed by atoms with van der Waals surface area (Å²) in [6.45, 7) is -1.02. The highest BCUT2D eigenvalue weighted by atomic mass is 19.4. The molecule has 5 atom stereocenters. The molecule has 5 nitrogen and oxygen atoms in total. The van der Waals surface area contributed by atoms with E-state index in [1.54, 1.807) is 0 Å². The number of fused-ring (bicyclic) bond motifs is 1. The number of halogens is 3. The molecule has 23 heavy (non-hydrogen) atoms. The van der Waals surface area contributed by atoms with Crippen molar-refractivity contribution in [2.75, 3.05) is 6.54 Å². The first-order chi connectivity index (χ1) is 10.7. The van der Waals surface area contributed by atoms with E-state index < -0.39 is 24.2 Å². The minimum atomic E-state index is -4.24. The van der Waals surface area contributed by atoms with Gasteiger partial charge in [-0.25, -0.2) is 0 Å². The summed E-state index contributed by atoms with van der Waals surface area (Å²) < 4.78 is 37.0. The van der Waals surface area contributed by atoms with Gasteiger partial charge in [-0.2, -0.15) is 13.2 Å². The van der Waals surface area contributed by atoms with Crippen LogP contribution in [0, 0.1) is 17.8 Å². The summed E-state index contributed by atoms with van der Waals surface area (Å²) in [5.74, 6) is -1.22. The molecule has 1 radical (unpaired) electrons. The molecule has 2 saturated carbocycles. The number of aliphatic carboxylic acids is 1. The summed E-state index contributed by atoms with van der Waals surface area (Å²) in [5.41, 5.74) is 4.83. The lowest BCUT2D eigenvalue weighted by Gasteiger charge is -2.31. The van der Waals surface area contributed by atoms with Crippen LogP contribution in [-0.4, -0.2) is 47.9 Å². The van der Waals surface area contributed by atoms with Crippen LogP contribution in [0.2, 0.25) is 6.32 Å². The molecule has 131 valence electrons. The molecule has 2 fully saturated rings. The number of carboxylic acids is 1. The number of nitrogens with two attached hydrogens (primary N) is 1. The van der Waals surface area contributed by atoms with Crippen LogP contribution in [0.4, 0.5) is 13.2 Å². The van der Waals surface area contributed by atoms with Crippen molar-refractivity contribution in [3.05, 3.63) is 0 Å². The van der Waals surface area contributed by atoms with Crippen molar-refractivity contribution in [2.24, 2.45) is 23.5 Å². The summed E-state index contributed by atoms with van der Waals surface area (Å²) >= 11 is 0. The molecule has 2 aliphatic carbocycles. The largest absolute Gasteiger partial charge is 0.480 e. The molecule has 5 N–H and O–H groups in total. The molecule has 0 aromatic carbocycles. The fourth-order valence-corrected chi connectivity index (χ4v) is 4.43. The van der Waals surface area contributed by atoms with Crippen molar-refractivity contribution >= 4 is 13.5 Å². The molecule has 0 aromatic rings. The fourth-order valence-electron chi connectivity index (χ4n) is 4.43. The third-order valence-corrected chi connectivity index (χ3v) is 5.37. The highest BCUT2D eigenvalue weighted by molar-refractivity contribution is 6.25. The van der Waals surface area contributed by atoms with Crippen LogP contribution in [0.25, 0.3) is 0 Å². The van der Waals surface area contributed by atoms with Gasteiger partial charge in [0.25, 0.3) is 7.48 Å². The van der Waals surface area contributed by atoms with E-state index in [1.807, 2.05) is 0 Å². The van der Waals surface area contributed by atoms with Crippen LogP contribution in [0.15, 0.2) is 0 Å². The minimum Gasteiger partial charge on any atom is -0.480 e. The number of nitrogens with one attached hydrogen (secondary N) is 1. The van der Waals surface area contributed by atoms with E-state index in [4.69, 9.17) is 10.8 Å². The van der Waals surface area contributed by atoms with Gasteiger partial charge in [0.15, 0.2) is 0 Å². The highest BCUT2D eigenvalue weighted by Gasteiger charge is 2.58. The van der Waals surface area contributed by atoms with Crippen molar-refractivity contribution in [1.82, 2.24) is 5.32 Å². The Morgan fingerprint density at radius 2 is 2.09 bits per heavy atom. The predicted molar refractivity (Wildman–Crippen MR) is 78.7 cm³/mol. The van der Waals surface area contributed by atoms with Crippen LogP contribution >= 0.6 is 0 Å². The number of hydrogen-bond donors (Lipinski definition) is 4. The average molecular weight is 335 g/mol. The molecule has 0 aliphatic heterocycles. The van der Waals surface area contributed by atoms with Gasteiger partial charge in [-0.1, -0.05) is 12.7 Å². The van der Waals surface area contributed by atoms with E-state index in [-0.39, 0.29) is 23.8 Å². The van der Waals surface area contributed by atoms with Gasteiger partial charge in [0.05, 0.1) is 6.54 Å². The van der Waals surface area contributed by atoms with Crippen LogP contribution < -0.4 is 11.1 Å². The van der Waals surface area contributed by atoms with Gasteiger partial charge in [-0.05, 0) is 43.4 Å². The van der Waals surface area contributed by atoms with Crippen molar-refractivity contribution < 1.29 is 28.1 Å². The summed E-state index contributed by atoms with van der Waals surface area (Å²) in [7, 11) is 1.04. The van der Waals surface area contributed by atoms with Gasteiger partial charge in [-0.15, -0.1) is 0 Å². The fraction of sp³-hybridized carbons (Fsp3) is 0.929. The Kier molecular flexibility index (Phi) is 5.63. The van der Waals surface area contributed by atoms with Crippen LogP contribution in [0.1, 0.15) is 32.1 Å². The first kappa shape index (κ1) is 18.5. The van der Waals surface area contributed by atoms with Gasteiger partial charge in [0.1, 0.15) is 5.54 Å². The van der Waals surface area contributed by atoms with Gasteiger partial charge >= 0.3 is 12.1 Å². The van der Waals surface area contributed by atoms with E-state index in [9.17, 15) is 23.1 Å². The average Bonchev–Trinajstić information content (AvgIpc) is 2.93. The quantitative estimate of drug-likeness (QED) is 0.413. The maximum atomic E-state index is 12.3. The zero-order valence-electron chi connectivity index (χ0n) is 12.9. The number of alkyl halides is 3. The molecule has 2 rings (SSSR count). The molecule has 0 unspecified atom stereocenters. The Balaban J connectivity index is 2.00. The third kappa shape index (κ3) is 4.19. The topological polar surface area (TPSA) is 95.6 Å². The van der Waals surface area contributed by atoms with Crippen molar-refractivity contribution in [3.8, 4) is 0 Å². The Hall–Kier alpha value is -0.795. The molecule has 9 heteroatoms. The maximum Gasteiger partial charge on any atom is 0.401 e. The smallest absolute Gasteiger partial charge is 0.401 e. The first-order valence-electron chi connectivity index (χ1n) is 7.95. The maximum absolute atomic E-state index is 12.3. The summed E-state index contributed by atoms with van der Waals surface area (Å²) in [5, 5.41) is 20.8. The van der Waals surface area contributed by atoms with Crippen LogP contribution in [0.5, 0.6) is 0 Å². The second-order valence-electron chi connectivity index (χ2n) is 6.86. The van der Waals surface area contributed by atoms with Crippen molar-refractivity contribution in [3.63, 3.8) is 0 Å². The molecular weight excluding hydrogens is 312 g/mol. The summed E-state index contributed by atoms with van der Waals surface area (Å²) in [6.07, 6.45) is -1.23. The molecule has 0 saturated heterocycles. The lowest BCUT2D eigenvalue weighted by Crippen LogP contribution is -2.52. The lowest BCUT2D eigenvalue weighted by atomic mass is 9.77. The highest BCUT2D eigenvalue weighted by Crippen LogP contribution is 2.53. The van der Waals surface area contributed by atoms with Crippen LogP contribution in [0.3, 0.4) is 0 Å². The predicted octanol–water partition coefficient (Wildman–Crippen LogP) is 1.15. The van der Waals surface area contributed by atoms with Crippen molar-refractivity contribution in [1.29, 1.82) is 0 Å². The zero-order chi connectivity index (χ0) is 17.3. The Morgan fingerprint density at radius 1 is 1.39 bits per heavy atom. The third-order valence-electron chi connectivity index (χ3n) is 5.37. The minimum absolute atomic E-state index is 0.0283. The van der Waals surface area contributed by atoms with Crippen LogP contribution in [-0.2, 0) is 4.79 Å². The lowest BCUT2D eigenvalue weighted by molar-refractivity contribution is -0.145. The number of hydrogen-bond acceptors (Lipinski definition) is 4. The second-order valence-corrected chi connectivity index (χ2v) is 6.86. The Bertz CT molecular complexity index is 438. The van der Waals surface area contributed by atoms with Gasteiger partial charge in [0.2, 0.25) is 0 Å². The molecular formula is C14H23BF3N2O3. The number of carboxylic acid groups (broad SMARTS) is 1. The Morgan fingerprint density at radius 3 is 2.65 bits per heavy atom. The first-order valence-corrected chi connectivity index (χ1v) is 7.95.